The fourth-order valence-corrected chi connectivity index (χ4v) is 3.52. The average molecular weight is 241 g/mol. The van der Waals surface area contributed by atoms with Crippen molar-refractivity contribution in [2.24, 2.45) is 5.41 Å². The lowest BCUT2D eigenvalue weighted by Crippen LogP contribution is -2.64. The Morgan fingerprint density at radius 1 is 1.29 bits per heavy atom. The number of hydrogen-bond donors (Lipinski definition) is 1. The van der Waals surface area contributed by atoms with E-state index in [1.807, 2.05) is 0 Å². The van der Waals surface area contributed by atoms with Gasteiger partial charge in [-0.1, -0.05) is 20.8 Å². The first kappa shape index (κ1) is 13.3. The first-order chi connectivity index (χ1) is 8.26. The lowest BCUT2D eigenvalue weighted by Gasteiger charge is -2.56. The summed E-state index contributed by atoms with van der Waals surface area (Å²) in [5.41, 5.74) is 0.360. The Bertz CT molecular complexity index is 234. The van der Waals surface area contributed by atoms with Gasteiger partial charge in [0.2, 0.25) is 0 Å². The molecule has 3 unspecified atom stereocenters. The van der Waals surface area contributed by atoms with Crippen LogP contribution in [-0.2, 0) is 9.47 Å². The van der Waals surface area contributed by atoms with Crippen molar-refractivity contribution in [3.05, 3.63) is 0 Å². The van der Waals surface area contributed by atoms with Gasteiger partial charge >= 0.3 is 0 Å². The SMILES string of the molecule is CCNC1CC(OC2CCOC2)C1(CC)CC. The molecule has 0 bridgehead atoms. The summed E-state index contributed by atoms with van der Waals surface area (Å²) in [6.45, 7) is 9.52. The van der Waals surface area contributed by atoms with Crippen molar-refractivity contribution in [1.82, 2.24) is 5.32 Å². The minimum absolute atomic E-state index is 0.347. The minimum atomic E-state index is 0.347. The number of nitrogens with one attached hydrogen (secondary N) is 1. The van der Waals surface area contributed by atoms with Crippen molar-refractivity contribution in [3.63, 3.8) is 0 Å². The van der Waals surface area contributed by atoms with Crippen LogP contribution >= 0.6 is 0 Å². The predicted octanol–water partition coefficient (Wildman–Crippen LogP) is 2.35. The Morgan fingerprint density at radius 2 is 2.06 bits per heavy atom. The maximum Gasteiger partial charge on any atom is 0.0834 e. The highest BCUT2D eigenvalue weighted by atomic mass is 16.6. The molecule has 0 amide bonds. The van der Waals surface area contributed by atoms with E-state index in [1.165, 1.54) is 19.3 Å². The first-order valence-electron chi connectivity index (χ1n) is 7.23. The molecule has 1 saturated carbocycles. The molecule has 2 fully saturated rings. The molecule has 1 aliphatic carbocycles. The third kappa shape index (κ3) is 2.38. The monoisotopic (exact) mass is 241 g/mol. The average Bonchev–Trinajstić information content (AvgIpc) is 2.82. The Hall–Kier alpha value is -0.120. The summed E-state index contributed by atoms with van der Waals surface area (Å²) in [5.74, 6) is 0. The van der Waals surface area contributed by atoms with Gasteiger partial charge in [0.15, 0.2) is 0 Å². The minimum Gasteiger partial charge on any atom is -0.379 e. The Labute approximate surface area is 105 Å². The highest BCUT2D eigenvalue weighted by Crippen LogP contribution is 2.49. The Balaban J connectivity index is 1.93. The highest BCUT2D eigenvalue weighted by Gasteiger charge is 2.53. The smallest absolute Gasteiger partial charge is 0.0834 e. The van der Waals surface area contributed by atoms with Gasteiger partial charge in [-0.2, -0.15) is 0 Å². The molecule has 1 aliphatic heterocycles. The molecule has 3 nitrogen and oxygen atoms in total. The van der Waals surface area contributed by atoms with E-state index in [0.717, 1.165) is 26.2 Å². The predicted molar refractivity (Wildman–Crippen MR) is 69.2 cm³/mol. The van der Waals surface area contributed by atoms with Crippen molar-refractivity contribution in [1.29, 1.82) is 0 Å². The van der Waals surface area contributed by atoms with E-state index in [2.05, 4.69) is 26.1 Å². The molecule has 0 aromatic carbocycles. The van der Waals surface area contributed by atoms with Crippen LogP contribution in [0.15, 0.2) is 0 Å². The molecule has 1 saturated heterocycles. The van der Waals surface area contributed by atoms with E-state index < -0.39 is 0 Å². The van der Waals surface area contributed by atoms with Gasteiger partial charge in [-0.3, -0.25) is 0 Å². The first-order valence-corrected chi connectivity index (χ1v) is 7.23. The van der Waals surface area contributed by atoms with Crippen LogP contribution in [0, 0.1) is 5.41 Å². The van der Waals surface area contributed by atoms with Crippen molar-refractivity contribution < 1.29 is 9.47 Å². The van der Waals surface area contributed by atoms with Crippen LogP contribution in [0.5, 0.6) is 0 Å². The van der Waals surface area contributed by atoms with Crippen molar-refractivity contribution in [3.8, 4) is 0 Å². The molecular weight excluding hydrogens is 214 g/mol. The zero-order valence-electron chi connectivity index (χ0n) is 11.5. The molecular formula is C14H27NO2. The van der Waals surface area contributed by atoms with Crippen molar-refractivity contribution >= 4 is 0 Å². The maximum absolute atomic E-state index is 6.26. The lowest BCUT2D eigenvalue weighted by molar-refractivity contribution is -0.165. The van der Waals surface area contributed by atoms with Gasteiger partial charge < -0.3 is 14.8 Å². The summed E-state index contributed by atoms with van der Waals surface area (Å²) < 4.78 is 11.7. The van der Waals surface area contributed by atoms with E-state index in [4.69, 9.17) is 9.47 Å². The van der Waals surface area contributed by atoms with Crippen LogP contribution in [0.3, 0.4) is 0 Å². The van der Waals surface area contributed by atoms with Gasteiger partial charge in [0, 0.05) is 18.1 Å². The fraction of sp³-hybridized carbons (Fsp3) is 1.00. The summed E-state index contributed by atoms with van der Waals surface area (Å²) in [6, 6.07) is 0.648. The number of rotatable bonds is 6. The van der Waals surface area contributed by atoms with Crippen LogP contribution in [0.2, 0.25) is 0 Å². The molecule has 1 heterocycles. The summed E-state index contributed by atoms with van der Waals surface area (Å²) in [6.07, 6.45) is 5.45. The van der Waals surface area contributed by atoms with Gasteiger partial charge in [0.25, 0.3) is 0 Å². The van der Waals surface area contributed by atoms with Gasteiger partial charge in [-0.15, -0.1) is 0 Å². The molecule has 2 rings (SSSR count). The summed E-state index contributed by atoms with van der Waals surface area (Å²) in [5, 5.41) is 3.62. The zero-order chi connectivity index (χ0) is 12.3. The molecule has 3 heteroatoms. The second-order valence-corrected chi connectivity index (χ2v) is 5.40. The van der Waals surface area contributed by atoms with E-state index in [0.29, 0.717) is 23.7 Å². The molecule has 100 valence electrons. The lowest BCUT2D eigenvalue weighted by atomic mass is 9.58. The molecule has 0 aromatic heterocycles. The van der Waals surface area contributed by atoms with Gasteiger partial charge in [-0.05, 0) is 32.2 Å². The summed E-state index contributed by atoms with van der Waals surface area (Å²) >= 11 is 0. The van der Waals surface area contributed by atoms with E-state index in [9.17, 15) is 0 Å². The van der Waals surface area contributed by atoms with Crippen LogP contribution < -0.4 is 5.32 Å². The van der Waals surface area contributed by atoms with Gasteiger partial charge in [0.05, 0.1) is 18.8 Å². The van der Waals surface area contributed by atoms with Crippen LogP contribution in [0.25, 0.3) is 0 Å². The number of hydrogen-bond acceptors (Lipinski definition) is 3. The second-order valence-electron chi connectivity index (χ2n) is 5.40. The molecule has 3 atom stereocenters. The molecule has 0 aromatic rings. The van der Waals surface area contributed by atoms with Crippen LogP contribution in [-0.4, -0.2) is 38.0 Å². The Kier molecular flexibility index (Phi) is 4.45. The van der Waals surface area contributed by atoms with E-state index in [1.54, 1.807) is 0 Å². The topological polar surface area (TPSA) is 30.5 Å². The van der Waals surface area contributed by atoms with Crippen molar-refractivity contribution in [2.75, 3.05) is 19.8 Å². The molecule has 1 N–H and O–H groups in total. The quantitative estimate of drug-likeness (QED) is 0.774. The normalized spacial score (nSPS) is 35.8. The van der Waals surface area contributed by atoms with Crippen molar-refractivity contribution in [2.45, 2.75) is 64.7 Å². The van der Waals surface area contributed by atoms with Crippen LogP contribution in [0.1, 0.15) is 46.5 Å². The van der Waals surface area contributed by atoms with Gasteiger partial charge in [-0.25, -0.2) is 0 Å². The standard InChI is InChI=1S/C14H27NO2/c1-4-14(5-2)12(15-6-3)9-13(14)17-11-7-8-16-10-11/h11-13,15H,4-10H2,1-3H3. The third-order valence-corrected chi connectivity index (χ3v) is 4.80. The summed E-state index contributed by atoms with van der Waals surface area (Å²) in [7, 11) is 0. The summed E-state index contributed by atoms with van der Waals surface area (Å²) in [4.78, 5) is 0. The maximum atomic E-state index is 6.26. The van der Waals surface area contributed by atoms with E-state index >= 15 is 0 Å². The molecule has 0 spiro atoms. The molecule has 17 heavy (non-hydrogen) atoms. The van der Waals surface area contributed by atoms with E-state index in [-0.39, 0.29) is 0 Å². The number of ether oxygens (including phenoxy) is 2. The zero-order valence-corrected chi connectivity index (χ0v) is 11.5. The van der Waals surface area contributed by atoms with Crippen LogP contribution in [0.4, 0.5) is 0 Å². The Morgan fingerprint density at radius 3 is 2.59 bits per heavy atom. The highest BCUT2D eigenvalue weighted by molar-refractivity contribution is 5.07. The molecule has 0 radical (unpaired) electrons. The van der Waals surface area contributed by atoms with Gasteiger partial charge in [0.1, 0.15) is 0 Å². The third-order valence-electron chi connectivity index (χ3n) is 4.80. The largest absolute Gasteiger partial charge is 0.379 e. The molecule has 2 aliphatic rings. The second kappa shape index (κ2) is 5.68. The fourth-order valence-electron chi connectivity index (χ4n) is 3.52.